The number of rotatable bonds is 17. The van der Waals surface area contributed by atoms with E-state index in [0.717, 1.165) is 134 Å². The largest absolute Gasteiger partial charge is 0.497 e. The minimum absolute atomic E-state index is 0.0130. The molecule has 0 saturated carbocycles. The lowest BCUT2D eigenvalue weighted by atomic mass is 9.76. The lowest BCUT2D eigenvalue weighted by Crippen LogP contribution is -2.44. The molecule has 0 bridgehead atoms. The summed E-state index contributed by atoms with van der Waals surface area (Å²) in [4.78, 5) is 76.5. The van der Waals surface area contributed by atoms with Crippen LogP contribution in [0.4, 0.5) is 22.7 Å². The SMILES string of the molecule is COc1ccc(NC2=C3NCC(C(=O)O)N=C3CC(C)(C)C2)cc1.COc1ccc(NC2=C3OCC(C(=O)O)N=C3CC(C)(C)C2)cc1.COc1ccc(NC2=C3SCC(C(=O)O)N=C3CC(C)(C)C2)c(C(=O)O)c1.COc1ccc(NC2=C3SCC(C(=O)O)N=C3CC(C)(C)C2)cc1. The van der Waals surface area contributed by atoms with Crippen molar-refractivity contribution in [3.8, 4) is 23.0 Å². The van der Waals surface area contributed by atoms with Crippen molar-refractivity contribution in [3.63, 3.8) is 0 Å². The molecule has 4 heterocycles. The summed E-state index contributed by atoms with van der Waals surface area (Å²) in [6.07, 6.45) is 6.30. The molecule has 528 valence electrons. The molecule has 4 aliphatic heterocycles. The van der Waals surface area contributed by atoms with Crippen LogP contribution in [0.15, 0.2) is 155 Å². The number of fused-ring (bicyclic) bond motifs is 4. The summed E-state index contributed by atoms with van der Waals surface area (Å²) in [5.74, 6) is -0.202. The Hall–Kier alpha value is -9.43. The minimum Gasteiger partial charge on any atom is -0.497 e. The van der Waals surface area contributed by atoms with Gasteiger partial charge in [-0.05, 0) is 164 Å². The normalized spacial score (nSPS) is 21.9. The van der Waals surface area contributed by atoms with Gasteiger partial charge >= 0.3 is 29.8 Å². The molecule has 99 heavy (non-hydrogen) atoms. The fourth-order valence-corrected chi connectivity index (χ4v) is 14.9. The zero-order valence-corrected chi connectivity index (χ0v) is 59.5. The number of aliphatic carboxylic acids is 4. The van der Waals surface area contributed by atoms with Gasteiger partial charge in [0.2, 0.25) is 0 Å². The lowest BCUT2D eigenvalue weighted by molar-refractivity contribution is -0.140. The van der Waals surface area contributed by atoms with E-state index in [1.807, 2.05) is 72.8 Å². The van der Waals surface area contributed by atoms with Crippen LogP contribution in [-0.2, 0) is 23.9 Å². The highest BCUT2D eigenvalue weighted by molar-refractivity contribution is 8.04. The molecule has 0 radical (unpaired) electrons. The zero-order valence-electron chi connectivity index (χ0n) is 57.9. The van der Waals surface area contributed by atoms with Crippen LogP contribution >= 0.6 is 23.5 Å². The Morgan fingerprint density at radius 3 is 1.24 bits per heavy atom. The summed E-state index contributed by atoms with van der Waals surface area (Å²) in [5.41, 5.74) is 11.7. The van der Waals surface area contributed by atoms with Crippen LogP contribution in [0.5, 0.6) is 23.0 Å². The summed E-state index contributed by atoms with van der Waals surface area (Å²) in [5, 5.41) is 63.4. The van der Waals surface area contributed by atoms with Gasteiger partial charge in [0.1, 0.15) is 29.6 Å². The number of carboxylic acid groups (broad SMARTS) is 5. The first-order chi connectivity index (χ1) is 46.8. The number of nitrogens with zero attached hydrogens (tertiary/aromatic N) is 4. The number of anilines is 4. The Kier molecular flexibility index (Phi) is 23.3. The second kappa shape index (κ2) is 31.2. The van der Waals surface area contributed by atoms with E-state index in [9.17, 15) is 49.5 Å². The molecule has 10 N–H and O–H groups in total. The molecule has 4 aromatic carbocycles. The predicted octanol–water partition coefficient (Wildman–Crippen LogP) is 13.0. The summed E-state index contributed by atoms with van der Waals surface area (Å²) < 4.78 is 26.4. The van der Waals surface area contributed by atoms with Crippen molar-refractivity contribution in [3.05, 3.63) is 141 Å². The van der Waals surface area contributed by atoms with Crippen molar-refractivity contribution in [1.29, 1.82) is 0 Å². The van der Waals surface area contributed by atoms with Crippen LogP contribution in [-0.4, -0.2) is 155 Å². The molecule has 4 atom stereocenters. The first-order valence-electron chi connectivity index (χ1n) is 32.5. The highest BCUT2D eigenvalue weighted by Crippen LogP contribution is 2.47. The second-order valence-corrected chi connectivity index (χ2v) is 30.3. The summed E-state index contributed by atoms with van der Waals surface area (Å²) in [6.45, 7) is 17.6. The summed E-state index contributed by atoms with van der Waals surface area (Å²) in [6, 6.07) is 25.2. The van der Waals surface area contributed by atoms with Gasteiger partial charge in [0, 0.05) is 62.0 Å². The molecular formula is C73H89N9O15S2. The molecule has 24 nitrogen and oxygen atoms in total. The second-order valence-electron chi connectivity index (χ2n) is 28.3. The highest BCUT2D eigenvalue weighted by atomic mass is 32.2. The Morgan fingerprint density at radius 1 is 0.444 bits per heavy atom. The molecule has 0 aromatic heterocycles. The number of carbonyl (C=O) groups is 5. The van der Waals surface area contributed by atoms with Crippen LogP contribution in [0.2, 0.25) is 0 Å². The van der Waals surface area contributed by atoms with E-state index < -0.39 is 54.0 Å². The average molecular weight is 1400 g/mol. The topological polar surface area (TPSA) is 342 Å². The van der Waals surface area contributed by atoms with Gasteiger partial charge in [-0.2, -0.15) is 0 Å². The van der Waals surface area contributed by atoms with Gasteiger partial charge in [-0.1, -0.05) is 55.4 Å². The average Bonchev–Trinajstić information content (AvgIpc) is 0.798. The fourth-order valence-electron chi connectivity index (χ4n) is 12.6. The number of benzene rings is 4. The third kappa shape index (κ3) is 19.3. The van der Waals surface area contributed by atoms with Crippen LogP contribution < -0.4 is 45.5 Å². The number of nitrogens with one attached hydrogen (secondary N) is 5. The monoisotopic (exact) mass is 1400 g/mol. The van der Waals surface area contributed by atoms with E-state index in [1.165, 1.54) is 24.9 Å². The van der Waals surface area contributed by atoms with Gasteiger partial charge in [-0.25, -0.2) is 24.0 Å². The number of aliphatic imine (C=N–C) groups is 4. The number of methoxy groups -OCH3 is 4. The number of carboxylic acids is 5. The first-order valence-corrected chi connectivity index (χ1v) is 34.5. The molecule has 4 aromatic rings. The fraction of sp³-hybridized carbons (Fsp3) is 0.438. The molecule has 26 heteroatoms. The third-order valence-electron chi connectivity index (χ3n) is 17.3. The van der Waals surface area contributed by atoms with Gasteiger partial charge in [0.25, 0.3) is 0 Å². The summed E-state index contributed by atoms with van der Waals surface area (Å²) in [7, 11) is 6.41. The number of ether oxygens (including phenoxy) is 5. The standard InChI is InChI=1S/C19H22N2O5S.C18H23N3O3.C18H22N2O4.C18H22N2O3S/c1-19(2)7-13(16-14(8-19)21-15(9-27-16)18(24)25)20-12-5-4-10(26-3)6-11(12)17(22)23;1-18(2)8-13(20-11-4-6-12(24-3)7-5-11)16-14(9-18)21-15(10-19-16)17(22)23;2*1-18(2)8-13(19-11-4-6-12(23-3)7-5-11)16-14(9-18)20-15(10-24-16)17(21)22/h4-6,15,20H,7-9H2,1-3H3,(H,22,23)(H,24,25);4-7,15,19-20H,8-10H2,1-3H3,(H,22,23);2*4-7,15,19H,8-10H2,1-3H3,(H,21,22). The van der Waals surface area contributed by atoms with E-state index in [1.54, 1.807) is 45.2 Å². The van der Waals surface area contributed by atoms with Gasteiger partial charge in [-0.3, -0.25) is 20.0 Å². The maximum absolute atomic E-state index is 11.7. The van der Waals surface area contributed by atoms with Gasteiger partial charge in [0.05, 0.1) is 73.9 Å². The van der Waals surface area contributed by atoms with E-state index in [4.69, 9.17) is 23.7 Å². The van der Waals surface area contributed by atoms with E-state index in [-0.39, 0.29) is 33.8 Å². The molecule has 4 aliphatic carbocycles. The molecular weight excluding hydrogens is 1310 g/mol. The molecule has 12 rings (SSSR count). The highest BCUT2D eigenvalue weighted by Gasteiger charge is 2.41. The molecule has 4 unspecified atom stereocenters. The Morgan fingerprint density at radius 2 is 0.808 bits per heavy atom. The quantitative estimate of drug-likeness (QED) is 0.0469. The molecule has 0 spiro atoms. The Bertz CT molecular complexity index is 3710. The predicted molar refractivity (Wildman–Crippen MR) is 388 cm³/mol. The third-order valence-corrected chi connectivity index (χ3v) is 19.8. The molecule has 0 saturated heterocycles. The molecule has 0 amide bonds. The number of hydrogen-bond donors (Lipinski definition) is 10. The van der Waals surface area contributed by atoms with Crippen molar-refractivity contribution in [1.82, 2.24) is 5.32 Å². The number of aromatic carboxylic acids is 1. The number of thioether (sulfide) groups is 2. The van der Waals surface area contributed by atoms with Crippen molar-refractivity contribution in [2.24, 2.45) is 41.6 Å². The van der Waals surface area contributed by atoms with Crippen LogP contribution in [0.1, 0.15) is 117 Å². The van der Waals surface area contributed by atoms with Gasteiger partial charge < -0.3 is 75.8 Å². The van der Waals surface area contributed by atoms with Gasteiger partial charge in [-0.15, -0.1) is 23.5 Å². The van der Waals surface area contributed by atoms with Crippen molar-refractivity contribution in [2.45, 2.75) is 131 Å². The van der Waals surface area contributed by atoms with E-state index in [2.05, 4.69) is 102 Å². The maximum Gasteiger partial charge on any atom is 0.337 e. The summed E-state index contributed by atoms with van der Waals surface area (Å²) >= 11 is 3.07. The van der Waals surface area contributed by atoms with Crippen molar-refractivity contribution >= 4 is 99.0 Å². The minimum atomic E-state index is -1.05. The number of hydrogen-bond acceptors (Lipinski definition) is 21. The molecule has 8 aliphatic rings. The van der Waals surface area contributed by atoms with Gasteiger partial charge in [0.15, 0.2) is 29.9 Å². The van der Waals surface area contributed by atoms with E-state index in [0.29, 0.717) is 48.1 Å². The van der Waals surface area contributed by atoms with Crippen molar-refractivity contribution in [2.75, 3.05) is 74.4 Å². The Labute approximate surface area is 585 Å². The van der Waals surface area contributed by atoms with Crippen LogP contribution in [0.3, 0.4) is 0 Å². The zero-order chi connectivity index (χ0) is 71.7. The van der Waals surface area contributed by atoms with Crippen molar-refractivity contribution < 1.29 is 73.2 Å². The van der Waals surface area contributed by atoms with E-state index >= 15 is 0 Å². The first kappa shape index (κ1) is 73.8. The number of allylic oxidation sites excluding steroid dienone is 8. The smallest absolute Gasteiger partial charge is 0.337 e. The Balaban J connectivity index is 0.000000154. The molecule has 0 fully saturated rings. The lowest BCUT2D eigenvalue weighted by Gasteiger charge is -2.37. The van der Waals surface area contributed by atoms with Crippen LogP contribution in [0, 0.1) is 21.7 Å². The maximum atomic E-state index is 11.7. The van der Waals surface area contributed by atoms with Crippen LogP contribution in [0.25, 0.3) is 0 Å².